The molecule has 0 bridgehead atoms. The van der Waals surface area contributed by atoms with Gasteiger partial charge in [0.1, 0.15) is 0 Å². The summed E-state index contributed by atoms with van der Waals surface area (Å²) in [7, 11) is 1.80. The van der Waals surface area contributed by atoms with Crippen molar-refractivity contribution in [2.75, 3.05) is 20.3 Å². The molecular weight excluding hydrogens is 202 g/mol. The van der Waals surface area contributed by atoms with Gasteiger partial charge in [0.05, 0.1) is 18.8 Å². The van der Waals surface area contributed by atoms with E-state index in [1.165, 1.54) is 25.7 Å². The fourth-order valence-electron chi connectivity index (χ4n) is 2.14. The van der Waals surface area contributed by atoms with Crippen LogP contribution in [0, 0.1) is 0 Å². The summed E-state index contributed by atoms with van der Waals surface area (Å²) in [4.78, 5) is 0. The average molecular weight is 229 g/mol. The molecule has 1 saturated carbocycles. The van der Waals surface area contributed by atoms with Crippen molar-refractivity contribution in [2.45, 2.75) is 64.2 Å². The monoisotopic (exact) mass is 229 g/mol. The quantitative estimate of drug-likeness (QED) is 0.680. The van der Waals surface area contributed by atoms with Crippen molar-refractivity contribution in [1.29, 1.82) is 0 Å². The van der Waals surface area contributed by atoms with Crippen LogP contribution in [0.4, 0.5) is 0 Å². The van der Waals surface area contributed by atoms with Gasteiger partial charge >= 0.3 is 0 Å². The lowest BCUT2D eigenvalue weighted by atomic mass is 9.95. The van der Waals surface area contributed by atoms with Crippen molar-refractivity contribution in [3.05, 3.63) is 0 Å². The lowest BCUT2D eigenvalue weighted by Gasteiger charge is -2.28. The van der Waals surface area contributed by atoms with Gasteiger partial charge in [0, 0.05) is 19.7 Å². The fraction of sp³-hybridized carbons (Fsp3) is 1.00. The summed E-state index contributed by atoms with van der Waals surface area (Å²) in [5.41, 5.74) is 0. The van der Waals surface area contributed by atoms with Crippen LogP contribution in [0.2, 0.25) is 0 Å². The summed E-state index contributed by atoms with van der Waals surface area (Å²) < 4.78 is 11.3. The molecule has 1 N–H and O–H groups in total. The molecule has 16 heavy (non-hydrogen) atoms. The Morgan fingerprint density at radius 1 is 1.31 bits per heavy atom. The molecule has 0 aromatic heterocycles. The third-order valence-corrected chi connectivity index (χ3v) is 3.47. The second-order valence-electron chi connectivity index (χ2n) is 4.78. The summed E-state index contributed by atoms with van der Waals surface area (Å²) in [6.45, 7) is 6.19. The maximum Gasteiger partial charge on any atom is 0.0600 e. The van der Waals surface area contributed by atoms with Crippen LogP contribution in [-0.4, -0.2) is 38.5 Å². The van der Waals surface area contributed by atoms with Crippen molar-refractivity contribution >= 4 is 0 Å². The SMILES string of the molecule is CCC(C)NCCOC1CCCC(OC)C1. The number of methoxy groups -OCH3 is 1. The summed E-state index contributed by atoms with van der Waals surface area (Å²) in [5, 5.41) is 3.44. The largest absolute Gasteiger partial charge is 0.381 e. The third kappa shape index (κ3) is 5.28. The van der Waals surface area contributed by atoms with E-state index in [1.807, 2.05) is 0 Å². The number of hydrogen-bond acceptors (Lipinski definition) is 3. The van der Waals surface area contributed by atoms with E-state index < -0.39 is 0 Å². The summed E-state index contributed by atoms with van der Waals surface area (Å²) in [6, 6.07) is 0.599. The van der Waals surface area contributed by atoms with Crippen molar-refractivity contribution in [3.8, 4) is 0 Å². The molecule has 0 spiro atoms. The predicted molar refractivity (Wildman–Crippen MR) is 66.8 cm³/mol. The molecule has 0 amide bonds. The van der Waals surface area contributed by atoms with Gasteiger partial charge in [0.2, 0.25) is 0 Å². The van der Waals surface area contributed by atoms with Crippen LogP contribution < -0.4 is 5.32 Å². The van der Waals surface area contributed by atoms with Gasteiger partial charge in [-0.3, -0.25) is 0 Å². The van der Waals surface area contributed by atoms with Crippen LogP contribution in [0.1, 0.15) is 46.0 Å². The molecule has 0 aromatic rings. The average Bonchev–Trinajstić information content (AvgIpc) is 2.34. The molecule has 0 aromatic carbocycles. The van der Waals surface area contributed by atoms with Crippen molar-refractivity contribution < 1.29 is 9.47 Å². The molecule has 3 atom stereocenters. The van der Waals surface area contributed by atoms with Gasteiger partial charge in [-0.1, -0.05) is 6.92 Å². The number of nitrogens with one attached hydrogen (secondary N) is 1. The molecule has 1 fully saturated rings. The Hall–Kier alpha value is -0.120. The molecule has 0 radical (unpaired) electrons. The normalized spacial score (nSPS) is 27.9. The first-order valence-electron chi connectivity index (χ1n) is 6.64. The summed E-state index contributed by atoms with van der Waals surface area (Å²) in [6.07, 6.45) is 6.71. The number of hydrogen-bond donors (Lipinski definition) is 1. The zero-order valence-corrected chi connectivity index (χ0v) is 11.0. The van der Waals surface area contributed by atoms with E-state index >= 15 is 0 Å². The van der Waals surface area contributed by atoms with Gasteiger partial charge in [-0.2, -0.15) is 0 Å². The van der Waals surface area contributed by atoms with E-state index in [9.17, 15) is 0 Å². The zero-order valence-electron chi connectivity index (χ0n) is 11.0. The topological polar surface area (TPSA) is 30.5 Å². The molecule has 0 aliphatic heterocycles. The Morgan fingerprint density at radius 2 is 2.06 bits per heavy atom. The van der Waals surface area contributed by atoms with Crippen molar-refractivity contribution in [2.24, 2.45) is 0 Å². The fourth-order valence-corrected chi connectivity index (χ4v) is 2.14. The predicted octanol–water partition coefficient (Wildman–Crippen LogP) is 2.35. The first-order chi connectivity index (χ1) is 7.76. The first-order valence-corrected chi connectivity index (χ1v) is 6.64. The van der Waals surface area contributed by atoms with Gasteiger partial charge in [-0.15, -0.1) is 0 Å². The van der Waals surface area contributed by atoms with E-state index in [0.29, 0.717) is 18.2 Å². The second kappa shape index (κ2) is 8.04. The molecule has 3 nitrogen and oxygen atoms in total. The second-order valence-corrected chi connectivity index (χ2v) is 4.78. The molecule has 3 heteroatoms. The third-order valence-electron chi connectivity index (χ3n) is 3.47. The molecule has 3 unspecified atom stereocenters. The lowest BCUT2D eigenvalue weighted by Crippen LogP contribution is -2.32. The summed E-state index contributed by atoms with van der Waals surface area (Å²) in [5.74, 6) is 0. The van der Waals surface area contributed by atoms with Crippen LogP contribution in [-0.2, 0) is 9.47 Å². The van der Waals surface area contributed by atoms with E-state index in [2.05, 4.69) is 19.2 Å². The van der Waals surface area contributed by atoms with Gasteiger partial charge in [0.15, 0.2) is 0 Å². The molecular formula is C13H27NO2. The molecule has 0 saturated heterocycles. The van der Waals surface area contributed by atoms with Crippen LogP contribution >= 0.6 is 0 Å². The Balaban J connectivity index is 2.04. The number of ether oxygens (including phenoxy) is 2. The highest BCUT2D eigenvalue weighted by Crippen LogP contribution is 2.22. The molecule has 0 heterocycles. The van der Waals surface area contributed by atoms with Crippen LogP contribution in [0.25, 0.3) is 0 Å². The van der Waals surface area contributed by atoms with E-state index in [0.717, 1.165) is 19.6 Å². The molecule has 1 aliphatic carbocycles. The minimum atomic E-state index is 0.414. The van der Waals surface area contributed by atoms with Crippen LogP contribution in [0.5, 0.6) is 0 Å². The Bertz CT molecular complexity index is 175. The van der Waals surface area contributed by atoms with Crippen molar-refractivity contribution in [3.63, 3.8) is 0 Å². The highest BCUT2D eigenvalue weighted by Gasteiger charge is 2.21. The minimum Gasteiger partial charge on any atom is -0.381 e. The van der Waals surface area contributed by atoms with Crippen molar-refractivity contribution in [1.82, 2.24) is 5.32 Å². The Morgan fingerprint density at radius 3 is 2.75 bits per heavy atom. The molecule has 96 valence electrons. The summed E-state index contributed by atoms with van der Waals surface area (Å²) >= 11 is 0. The van der Waals surface area contributed by atoms with Gasteiger partial charge in [-0.05, 0) is 39.0 Å². The van der Waals surface area contributed by atoms with E-state index in [-0.39, 0.29) is 0 Å². The smallest absolute Gasteiger partial charge is 0.0600 e. The maximum atomic E-state index is 5.87. The molecule has 1 aliphatic rings. The number of rotatable bonds is 7. The minimum absolute atomic E-state index is 0.414. The van der Waals surface area contributed by atoms with Gasteiger partial charge in [0.25, 0.3) is 0 Å². The van der Waals surface area contributed by atoms with Gasteiger partial charge in [-0.25, -0.2) is 0 Å². The Labute approximate surface area is 99.9 Å². The Kier molecular flexibility index (Phi) is 7.01. The highest BCUT2D eigenvalue weighted by molar-refractivity contribution is 4.73. The first kappa shape index (κ1) is 13.9. The standard InChI is InChI=1S/C13H27NO2/c1-4-11(2)14-8-9-16-13-7-5-6-12(10-13)15-3/h11-14H,4-10H2,1-3H3. The molecule has 1 rings (SSSR count). The lowest BCUT2D eigenvalue weighted by molar-refractivity contribution is -0.0285. The zero-order chi connectivity index (χ0) is 11.8. The maximum absolute atomic E-state index is 5.87. The van der Waals surface area contributed by atoms with Crippen LogP contribution in [0.3, 0.4) is 0 Å². The van der Waals surface area contributed by atoms with E-state index in [4.69, 9.17) is 9.47 Å². The van der Waals surface area contributed by atoms with Crippen LogP contribution in [0.15, 0.2) is 0 Å². The van der Waals surface area contributed by atoms with Gasteiger partial charge < -0.3 is 14.8 Å². The highest BCUT2D eigenvalue weighted by atomic mass is 16.5. The van der Waals surface area contributed by atoms with E-state index in [1.54, 1.807) is 7.11 Å².